The number of fused-ring (bicyclic) bond motifs is 1. The van der Waals surface area contributed by atoms with Gasteiger partial charge in [-0.05, 0) is 12.3 Å². The topological polar surface area (TPSA) is 46.2 Å². The third-order valence-corrected chi connectivity index (χ3v) is 2.99. The van der Waals surface area contributed by atoms with Crippen LogP contribution in [0.15, 0.2) is 36.0 Å². The second kappa shape index (κ2) is 5.17. The molecule has 0 heterocycles. The Labute approximate surface area is 107 Å². The highest BCUT2D eigenvalue weighted by molar-refractivity contribution is 6.24. The summed E-state index contributed by atoms with van der Waals surface area (Å²) in [5.74, 6) is 0.381. The van der Waals surface area contributed by atoms with Gasteiger partial charge in [0.05, 0.1) is 5.70 Å². The maximum absolute atomic E-state index is 12.2. The number of nitrogens with one attached hydrogen (secondary N) is 1. The molecule has 3 nitrogen and oxygen atoms in total. The molecule has 0 unspecified atom stereocenters. The summed E-state index contributed by atoms with van der Waals surface area (Å²) < 4.78 is 0. The Morgan fingerprint density at radius 1 is 1.11 bits per heavy atom. The first-order valence-corrected chi connectivity index (χ1v) is 6.23. The number of carbonyl (C=O) groups is 2. The van der Waals surface area contributed by atoms with Gasteiger partial charge in [0, 0.05) is 23.7 Å². The molecule has 3 heteroatoms. The van der Waals surface area contributed by atoms with Gasteiger partial charge in [0.2, 0.25) is 5.78 Å². The van der Waals surface area contributed by atoms with Crippen LogP contribution in [0, 0.1) is 5.92 Å². The van der Waals surface area contributed by atoms with E-state index >= 15 is 0 Å². The molecule has 0 amide bonds. The minimum atomic E-state index is -0.0998. The summed E-state index contributed by atoms with van der Waals surface area (Å²) in [5.41, 5.74) is 1.41. The zero-order chi connectivity index (χ0) is 13.1. The summed E-state index contributed by atoms with van der Waals surface area (Å²) in [5, 5.41) is 3.06. The lowest BCUT2D eigenvalue weighted by Gasteiger charge is -2.16. The lowest BCUT2D eigenvalue weighted by atomic mass is 9.92. The molecular formula is C15H17NO2. The molecular weight excluding hydrogens is 226 g/mol. The van der Waals surface area contributed by atoms with Crippen molar-refractivity contribution in [2.75, 3.05) is 6.54 Å². The molecule has 0 saturated heterocycles. The molecule has 1 aromatic carbocycles. The summed E-state index contributed by atoms with van der Waals surface area (Å²) >= 11 is 0. The summed E-state index contributed by atoms with van der Waals surface area (Å²) in [6.07, 6.45) is 2.38. The van der Waals surface area contributed by atoms with Crippen LogP contribution in [0.2, 0.25) is 0 Å². The van der Waals surface area contributed by atoms with E-state index in [9.17, 15) is 9.59 Å². The van der Waals surface area contributed by atoms with E-state index in [4.69, 9.17) is 0 Å². The van der Waals surface area contributed by atoms with Gasteiger partial charge < -0.3 is 5.32 Å². The average molecular weight is 243 g/mol. The van der Waals surface area contributed by atoms with Crippen LogP contribution in [-0.2, 0) is 0 Å². The highest BCUT2D eigenvalue weighted by atomic mass is 16.1. The van der Waals surface area contributed by atoms with E-state index in [1.54, 1.807) is 24.3 Å². The van der Waals surface area contributed by atoms with Crippen LogP contribution in [0.25, 0.3) is 0 Å². The van der Waals surface area contributed by atoms with Crippen molar-refractivity contribution in [1.82, 2.24) is 5.32 Å². The fourth-order valence-corrected chi connectivity index (χ4v) is 1.94. The van der Waals surface area contributed by atoms with Gasteiger partial charge in [0.25, 0.3) is 0 Å². The number of allylic oxidation sites excluding steroid dienone is 2. The Balaban J connectivity index is 2.16. The number of hydrogen-bond acceptors (Lipinski definition) is 3. The van der Waals surface area contributed by atoms with Crippen LogP contribution in [-0.4, -0.2) is 18.1 Å². The van der Waals surface area contributed by atoms with Gasteiger partial charge >= 0.3 is 0 Å². The Kier molecular flexibility index (Phi) is 3.60. The van der Waals surface area contributed by atoms with Gasteiger partial charge in [-0.15, -0.1) is 0 Å². The van der Waals surface area contributed by atoms with Gasteiger partial charge in [0.1, 0.15) is 0 Å². The zero-order valence-electron chi connectivity index (χ0n) is 10.7. The SMILES string of the molecule is CC(C)CCNC1=CC(=O)c2ccccc2C1=O. The molecule has 0 spiro atoms. The van der Waals surface area contributed by atoms with Crippen molar-refractivity contribution in [3.8, 4) is 0 Å². The average Bonchev–Trinajstić information content (AvgIpc) is 2.35. The standard InChI is InChI=1S/C15H17NO2/c1-10(2)7-8-16-13-9-14(17)11-5-3-4-6-12(11)15(13)18/h3-6,9-10,16H,7-8H2,1-2H3. The van der Waals surface area contributed by atoms with Crippen LogP contribution in [0.4, 0.5) is 0 Å². The molecule has 0 aromatic heterocycles. The Morgan fingerprint density at radius 3 is 2.44 bits per heavy atom. The van der Waals surface area contributed by atoms with Gasteiger partial charge in [-0.2, -0.15) is 0 Å². The summed E-state index contributed by atoms with van der Waals surface area (Å²) in [7, 11) is 0. The van der Waals surface area contributed by atoms with Crippen molar-refractivity contribution < 1.29 is 9.59 Å². The molecule has 0 fully saturated rings. The summed E-state index contributed by atoms with van der Waals surface area (Å²) in [4.78, 5) is 24.0. The van der Waals surface area contributed by atoms with Gasteiger partial charge in [-0.3, -0.25) is 9.59 Å². The molecule has 1 N–H and O–H groups in total. The molecule has 0 aliphatic heterocycles. The van der Waals surface area contributed by atoms with Crippen molar-refractivity contribution >= 4 is 11.6 Å². The third-order valence-electron chi connectivity index (χ3n) is 2.99. The molecule has 0 bridgehead atoms. The Bertz CT molecular complexity index is 515. The molecule has 1 aromatic rings. The normalized spacial score (nSPS) is 14.5. The van der Waals surface area contributed by atoms with Crippen LogP contribution in [0.1, 0.15) is 41.0 Å². The predicted octanol–water partition coefficient (Wildman–Crippen LogP) is 2.59. The molecule has 0 saturated carbocycles. The summed E-state index contributed by atoms with van der Waals surface area (Å²) in [6.45, 7) is 4.96. The van der Waals surface area contributed by atoms with Crippen molar-refractivity contribution in [2.24, 2.45) is 5.92 Å². The molecule has 1 aliphatic carbocycles. The Hall–Kier alpha value is -1.90. The highest BCUT2D eigenvalue weighted by Crippen LogP contribution is 2.19. The zero-order valence-corrected chi connectivity index (χ0v) is 10.7. The second-order valence-corrected chi connectivity index (χ2v) is 4.91. The van der Waals surface area contributed by atoms with Gasteiger partial charge in [-0.25, -0.2) is 0 Å². The van der Waals surface area contributed by atoms with Crippen LogP contribution < -0.4 is 5.32 Å². The van der Waals surface area contributed by atoms with Crippen LogP contribution >= 0.6 is 0 Å². The van der Waals surface area contributed by atoms with Crippen LogP contribution in [0.5, 0.6) is 0 Å². The Morgan fingerprint density at radius 2 is 1.78 bits per heavy atom. The van der Waals surface area contributed by atoms with E-state index in [-0.39, 0.29) is 11.6 Å². The molecule has 0 atom stereocenters. The molecule has 1 aliphatic rings. The quantitative estimate of drug-likeness (QED) is 0.884. The van der Waals surface area contributed by atoms with Crippen molar-refractivity contribution in [1.29, 1.82) is 0 Å². The van der Waals surface area contributed by atoms with Crippen molar-refractivity contribution in [2.45, 2.75) is 20.3 Å². The largest absolute Gasteiger partial charge is 0.382 e. The minimum Gasteiger partial charge on any atom is -0.382 e. The maximum atomic E-state index is 12.2. The number of hydrogen-bond donors (Lipinski definition) is 1. The number of rotatable bonds is 4. The highest BCUT2D eigenvalue weighted by Gasteiger charge is 2.24. The van der Waals surface area contributed by atoms with Crippen LogP contribution in [0.3, 0.4) is 0 Å². The van der Waals surface area contributed by atoms with E-state index in [2.05, 4.69) is 19.2 Å². The van der Waals surface area contributed by atoms with Crippen molar-refractivity contribution in [3.05, 3.63) is 47.2 Å². The van der Waals surface area contributed by atoms with E-state index in [0.717, 1.165) is 6.42 Å². The van der Waals surface area contributed by atoms with Crippen molar-refractivity contribution in [3.63, 3.8) is 0 Å². The molecule has 2 rings (SSSR count). The third kappa shape index (κ3) is 2.50. The minimum absolute atomic E-state index is 0.0889. The number of ketones is 2. The number of benzene rings is 1. The second-order valence-electron chi connectivity index (χ2n) is 4.91. The monoisotopic (exact) mass is 243 g/mol. The first kappa shape index (κ1) is 12.6. The fraction of sp³-hybridized carbons (Fsp3) is 0.333. The van der Waals surface area contributed by atoms with E-state index in [1.807, 2.05) is 0 Å². The molecule has 18 heavy (non-hydrogen) atoms. The summed E-state index contributed by atoms with van der Waals surface area (Å²) in [6, 6.07) is 6.94. The van der Waals surface area contributed by atoms with Gasteiger partial charge in [0.15, 0.2) is 5.78 Å². The number of Topliss-reactive ketones (excluding diaryl/α,β-unsaturated/α-hetero) is 1. The lowest BCUT2D eigenvalue weighted by Crippen LogP contribution is -2.27. The first-order chi connectivity index (χ1) is 8.59. The molecule has 0 radical (unpaired) electrons. The van der Waals surface area contributed by atoms with Gasteiger partial charge in [-0.1, -0.05) is 38.1 Å². The predicted molar refractivity (Wildman–Crippen MR) is 70.6 cm³/mol. The van der Waals surface area contributed by atoms with E-state index in [0.29, 0.717) is 29.3 Å². The van der Waals surface area contributed by atoms with E-state index in [1.165, 1.54) is 6.08 Å². The number of carbonyl (C=O) groups excluding carboxylic acids is 2. The first-order valence-electron chi connectivity index (χ1n) is 6.23. The fourth-order valence-electron chi connectivity index (χ4n) is 1.94. The molecule has 94 valence electrons. The maximum Gasteiger partial charge on any atom is 0.209 e. The smallest absolute Gasteiger partial charge is 0.209 e. The lowest BCUT2D eigenvalue weighted by molar-refractivity contribution is 0.0978. The van der Waals surface area contributed by atoms with E-state index < -0.39 is 0 Å².